The van der Waals surface area contributed by atoms with Crippen molar-refractivity contribution in [3.05, 3.63) is 27.8 Å². The van der Waals surface area contributed by atoms with Crippen LogP contribution >= 0.6 is 22.6 Å². The molecule has 1 aromatic carbocycles. The lowest BCUT2D eigenvalue weighted by Crippen LogP contribution is -2.37. The third-order valence-corrected chi connectivity index (χ3v) is 3.32. The van der Waals surface area contributed by atoms with E-state index in [1.54, 1.807) is 6.92 Å². The average Bonchev–Trinajstić information content (AvgIpc) is 3.05. The van der Waals surface area contributed by atoms with Crippen LogP contribution in [0.4, 0.5) is 0 Å². The maximum absolute atomic E-state index is 11.7. The molecule has 1 amide bonds. The van der Waals surface area contributed by atoms with Gasteiger partial charge in [-0.3, -0.25) is 4.79 Å². The number of nitrogens with one attached hydrogen (secondary N) is 1. The van der Waals surface area contributed by atoms with Gasteiger partial charge in [-0.2, -0.15) is 0 Å². The number of para-hydroxylation sites is 1. The van der Waals surface area contributed by atoms with E-state index in [0.29, 0.717) is 6.04 Å². The average molecular weight is 331 g/mol. The summed E-state index contributed by atoms with van der Waals surface area (Å²) in [6.07, 6.45) is 1.76. The topological polar surface area (TPSA) is 38.3 Å². The van der Waals surface area contributed by atoms with Gasteiger partial charge in [-0.15, -0.1) is 0 Å². The minimum absolute atomic E-state index is 0.0258. The first-order valence-corrected chi connectivity index (χ1v) is 6.46. The van der Waals surface area contributed by atoms with Gasteiger partial charge in [-0.1, -0.05) is 12.1 Å². The molecule has 1 N–H and O–H groups in total. The molecule has 1 unspecified atom stereocenters. The molecule has 0 aromatic heterocycles. The van der Waals surface area contributed by atoms with Crippen molar-refractivity contribution in [2.75, 3.05) is 0 Å². The minimum atomic E-state index is -0.434. The zero-order chi connectivity index (χ0) is 11.5. The zero-order valence-corrected chi connectivity index (χ0v) is 11.2. The van der Waals surface area contributed by atoms with Crippen LogP contribution in [-0.4, -0.2) is 18.1 Å². The largest absolute Gasteiger partial charge is 0.480 e. The van der Waals surface area contributed by atoms with Crippen molar-refractivity contribution in [3.8, 4) is 5.75 Å². The molecule has 0 radical (unpaired) electrons. The van der Waals surface area contributed by atoms with Gasteiger partial charge >= 0.3 is 0 Å². The molecule has 4 heteroatoms. The molecule has 0 bridgehead atoms. The molecule has 1 aliphatic carbocycles. The van der Waals surface area contributed by atoms with E-state index in [2.05, 4.69) is 27.9 Å². The van der Waals surface area contributed by atoms with E-state index in [1.165, 1.54) is 0 Å². The fourth-order valence-electron chi connectivity index (χ4n) is 1.33. The molecule has 0 aliphatic heterocycles. The van der Waals surface area contributed by atoms with Crippen molar-refractivity contribution in [2.45, 2.75) is 31.9 Å². The summed E-state index contributed by atoms with van der Waals surface area (Å²) < 4.78 is 6.64. The Morgan fingerprint density at radius 3 is 2.81 bits per heavy atom. The van der Waals surface area contributed by atoms with Gasteiger partial charge in [-0.05, 0) is 54.5 Å². The lowest BCUT2D eigenvalue weighted by molar-refractivity contribution is -0.127. The number of hydrogen-bond donors (Lipinski definition) is 1. The van der Waals surface area contributed by atoms with Gasteiger partial charge in [0.05, 0.1) is 3.57 Å². The molecule has 2 rings (SSSR count). The first-order valence-electron chi connectivity index (χ1n) is 5.38. The van der Waals surface area contributed by atoms with E-state index < -0.39 is 6.10 Å². The number of carbonyl (C=O) groups excluding carboxylic acids is 1. The van der Waals surface area contributed by atoms with Crippen molar-refractivity contribution >= 4 is 28.5 Å². The van der Waals surface area contributed by atoms with Gasteiger partial charge in [0, 0.05) is 6.04 Å². The minimum Gasteiger partial charge on any atom is -0.480 e. The number of carbonyl (C=O) groups is 1. The van der Waals surface area contributed by atoms with Crippen LogP contribution in [0.25, 0.3) is 0 Å². The molecule has 1 fully saturated rings. The Balaban J connectivity index is 1.92. The number of halogens is 1. The van der Waals surface area contributed by atoms with Crippen molar-refractivity contribution < 1.29 is 9.53 Å². The predicted octanol–water partition coefficient (Wildman–Crippen LogP) is 2.34. The lowest BCUT2D eigenvalue weighted by atomic mass is 10.3. The van der Waals surface area contributed by atoms with Gasteiger partial charge in [0.1, 0.15) is 5.75 Å². The quantitative estimate of drug-likeness (QED) is 0.860. The van der Waals surface area contributed by atoms with Crippen LogP contribution in [0.15, 0.2) is 24.3 Å². The summed E-state index contributed by atoms with van der Waals surface area (Å²) in [6, 6.07) is 8.07. The van der Waals surface area contributed by atoms with Crippen molar-refractivity contribution in [1.29, 1.82) is 0 Å². The molecule has 1 aliphatic rings. The van der Waals surface area contributed by atoms with E-state index in [4.69, 9.17) is 4.74 Å². The Bertz CT molecular complexity index is 390. The molecule has 1 saturated carbocycles. The highest BCUT2D eigenvalue weighted by atomic mass is 127. The summed E-state index contributed by atoms with van der Waals surface area (Å²) in [5.74, 6) is 0.740. The maximum Gasteiger partial charge on any atom is 0.260 e. The van der Waals surface area contributed by atoms with Crippen LogP contribution in [0.2, 0.25) is 0 Å². The third-order valence-electron chi connectivity index (χ3n) is 2.43. The zero-order valence-electron chi connectivity index (χ0n) is 9.07. The molecule has 0 saturated heterocycles. The van der Waals surface area contributed by atoms with Crippen LogP contribution in [0, 0.1) is 3.57 Å². The second-order valence-corrected chi connectivity index (χ2v) is 5.14. The van der Waals surface area contributed by atoms with E-state index >= 15 is 0 Å². The second kappa shape index (κ2) is 5.03. The van der Waals surface area contributed by atoms with Crippen LogP contribution in [0.1, 0.15) is 19.8 Å². The summed E-state index contributed by atoms with van der Waals surface area (Å²) in [5, 5.41) is 2.93. The highest BCUT2D eigenvalue weighted by molar-refractivity contribution is 14.1. The number of rotatable bonds is 4. The smallest absolute Gasteiger partial charge is 0.260 e. The monoisotopic (exact) mass is 331 g/mol. The van der Waals surface area contributed by atoms with Gasteiger partial charge < -0.3 is 10.1 Å². The van der Waals surface area contributed by atoms with E-state index in [9.17, 15) is 4.79 Å². The molecule has 16 heavy (non-hydrogen) atoms. The normalized spacial score (nSPS) is 16.6. The Kier molecular flexibility index (Phi) is 3.68. The van der Waals surface area contributed by atoms with E-state index in [-0.39, 0.29) is 5.91 Å². The summed E-state index contributed by atoms with van der Waals surface area (Å²) in [5.41, 5.74) is 0. The van der Waals surface area contributed by atoms with Crippen LogP contribution in [0.5, 0.6) is 5.75 Å². The number of amides is 1. The Morgan fingerprint density at radius 1 is 1.50 bits per heavy atom. The van der Waals surface area contributed by atoms with Crippen LogP contribution in [0.3, 0.4) is 0 Å². The van der Waals surface area contributed by atoms with E-state index in [1.807, 2.05) is 24.3 Å². The van der Waals surface area contributed by atoms with Crippen molar-refractivity contribution in [1.82, 2.24) is 5.32 Å². The first-order chi connectivity index (χ1) is 7.66. The predicted molar refractivity (Wildman–Crippen MR) is 70.4 cm³/mol. The Labute approximate surface area is 109 Å². The Hall–Kier alpha value is -0.780. The highest BCUT2D eigenvalue weighted by Gasteiger charge is 2.26. The van der Waals surface area contributed by atoms with Crippen LogP contribution in [-0.2, 0) is 4.79 Å². The van der Waals surface area contributed by atoms with Gasteiger partial charge in [0.25, 0.3) is 5.91 Å². The fourth-order valence-corrected chi connectivity index (χ4v) is 1.85. The maximum atomic E-state index is 11.7. The molecule has 0 heterocycles. The summed E-state index contributed by atoms with van der Waals surface area (Å²) in [7, 11) is 0. The molecule has 3 nitrogen and oxygen atoms in total. The van der Waals surface area contributed by atoms with Crippen molar-refractivity contribution in [3.63, 3.8) is 0 Å². The molecule has 0 spiro atoms. The SMILES string of the molecule is CC(Oc1ccccc1I)C(=O)NC1CC1. The standard InChI is InChI=1S/C12H14INO2/c1-8(12(15)14-9-6-7-9)16-11-5-3-2-4-10(11)13/h2-5,8-9H,6-7H2,1H3,(H,14,15). The summed E-state index contributed by atoms with van der Waals surface area (Å²) >= 11 is 2.20. The first kappa shape index (κ1) is 11.7. The molecule has 86 valence electrons. The second-order valence-electron chi connectivity index (χ2n) is 3.97. The Morgan fingerprint density at radius 2 is 2.19 bits per heavy atom. The van der Waals surface area contributed by atoms with Crippen LogP contribution < -0.4 is 10.1 Å². The van der Waals surface area contributed by atoms with Crippen molar-refractivity contribution in [2.24, 2.45) is 0 Å². The van der Waals surface area contributed by atoms with Gasteiger partial charge in [0.15, 0.2) is 6.10 Å². The van der Waals surface area contributed by atoms with Gasteiger partial charge in [-0.25, -0.2) is 0 Å². The third kappa shape index (κ3) is 3.10. The lowest BCUT2D eigenvalue weighted by Gasteiger charge is -2.15. The summed E-state index contributed by atoms with van der Waals surface area (Å²) in [6.45, 7) is 1.78. The highest BCUT2D eigenvalue weighted by Crippen LogP contribution is 2.22. The number of benzene rings is 1. The van der Waals surface area contributed by atoms with Gasteiger partial charge in [0.2, 0.25) is 0 Å². The molecule has 1 aromatic rings. The fraction of sp³-hybridized carbons (Fsp3) is 0.417. The summed E-state index contributed by atoms with van der Waals surface area (Å²) in [4.78, 5) is 11.7. The molecular weight excluding hydrogens is 317 g/mol. The van der Waals surface area contributed by atoms with E-state index in [0.717, 1.165) is 22.2 Å². The molecule has 1 atom stereocenters. The molecular formula is C12H14INO2. The number of hydrogen-bond acceptors (Lipinski definition) is 2. The number of ether oxygens (including phenoxy) is 1.